The second kappa shape index (κ2) is 5.58. The van der Waals surface area contributed by atoms with E-state index in [0.29, 0.717) is 0 Å². The summed E-state index contributed by atoms with van der Waals surface area (Å²) < 4.78 is 8.83. The number of nitrogens with zero attached hydrogens (tertiary/aromatic N) is 3. The maximum Gasteiger partial charge on any atom is 0.128 e. The lowest BCUT2D eigenvalue weighted by Crippen LogP contribution is -2.10. The van der Waals surface area contributed by atoms with E-state index in [-0.39, 0.29) is 0 Å². The minimum absolute atomic E-state index is 0.930. The Morgan fingerprint density at radius 2 is 1.27 bits per heavy atom. The average Bonchev–Trinajstić information content (AvgIpc) is 3.07. The molecule has 106 valence electrons. The summed E-state index contributed by atoms with van der Waals surface area (Å²) in [5, 5.41) is 0. The van der Waals surface area contributed by atoms with Crippen LogP contribution in [-0.2, 0) is 0 Å². The molecule has 0 aliphatic carbocycles. The molecule has 0 saturated carbocycles. The first-order valence-electron chi connectivity index (χ1n) is 7.05. The molecule has 0 fully saturated rings. The van der Waals surface area contributed by atoms with Crippen molar-refractivity contribution in [1.82, 2.24) is 8.75 Å². The van der Waals surface area contributed by atoms with Gasteiger partial charge in [-0.2, -0.15) is 8.75 Å². The molecule has 0 radical (unpaired) electrons. The number of rotatable bonds is 3. The van der Waals surface area contributed by atoms with Gasteiger partial charge in [0.2, 0.25) is 0 Å². The minimum atomic E-state index is 0.930. The van der Waals surface area contributed by atoms with Crippen molar-refractivity contribution in [2.75, 3.05) is 4.90 Å². The number of hydrogen-bond donors (Lipinski definition) is 0. The molecular formula is C18H13N3S. The smallest absolute Gasteiger partial charge is 0.128 e. The SMILES string of the molecule is c1ccc(N(c2ccccc2)c2cccc3nsnc23)cc1. The van der Waals surface area contributed by atoms with Gasteiger partial charge in [-0.3, -0.25) is 0 Å². The molecule has 0 amide bonds. The van der Waals surface area contributed by atoms with Crippen LogP contribution >= 0.6 is 11.7 Å². The van der Waals surface area contributed by atoms with Crippen molar-refractivity contribution in [3.05, 3.63) is 78.9 Å². The summed E-state index contributed by atoms with van der Waals surface area (Å²) in [7, 11) is 0. The van der Waals surface area contributed by atoms with Crippen LogP contribution in [0.5, 0.6) is 0 Å². The third kappa shape index (κ3) is 2.23. The molecule has 0 aliphatic rings. The molecule has 3 nitrogen and oxygen atoms in total. The molecule has 0 unspecified atom stereocenters. The molecule has 0 spiro atoms. The monoisotopic (exact) mass is 303 g/mol. The van der Waals surface area contributed by atoms with E-state index >= 15 is 0 Å². The van der Waals surface area contributed by atoms with Crippen molar-refractivity contribution in [1.29, 1.82) is 0 Å². The molecule has 0 saturated heterocycles. The predicted molar refractivity (Wildman–Crippen MR) is 92.1 cm³/mol. The van der Waals surface area contributed by atoms with Gasteiger partial charge in [0, 0.05) is 11.4 Å². The van der Waals surface area contributed by atoms with Crippen molar-refractivity contribution in [2.24, 2.45) is 0 Å². The van der Waals surface area contributed by atoms with Gasteiger partial charge in [-0.25, -0.2) is 0 Å². The van der Waals surface area contributed by atoms with E-state index in [2.05, 4.69) is 44.0 Å². The fraction of sp³-hybridized carbons (Fsp3) is 0. The lowest BCUT2D eigenvalue weighted by Gasteiger charge is -2.25. The molecule has 4 aromatic rings. The van der Waals surface area contributed by atoms with Crippen LogP contribution in [0.25, 0.3) is 11.0 Å². The van der Waals surface area contributed by atoms with E-state index in [1.165, 1.54) is 11.7 Å². The van der Waals surface area contributed by atoms with Crippen molar-refractivity contribution in [3.8, 4) is 0 Å². The van der Waals surface area contributed by atoms with Gasteiger partial charge in [-0.1, -0.05) is 42.5 Å². The van der Waals surface area contributed by atoms with Gasteiger partial charge in [0.15, 0.2) is 0 Å². The maximum atomic E-state index is 4.48. The topological polar surface area (TPSA) is 29.0 Å². The fourth-order valence-corrected chi connectivity index (χ4v) is 3.10. The highest BCUT2D eigenvalue weighted by Crippen LogP contribution is 2.37. The summed E-state index contributed by atoms with van der Waals surface area (Å²) >= 11 is 1.25. The van der Waals surface area contributed by atoms with Gasteiger partial charge in [0.1, 0.15) is 11.0 Å². The Kier molecular flexibility index (Phi) is 3.29. The molecule has 0 aliphatic heterocycles. The van der Waals surface area contributed by atoms with E-state index in [1.54, 1.807) is 0 Å². The molecule has 0 N–H and O–H groups in total. The van der Waals surface area contributed by atoms with Crippen molar-refractivity contribution < 1.29 is 0 Å². The number of hydrogen-bond acceptors (Lipinski definition) is 4. The van der Waals surface area contributed by atoms with Crippen LogP contribution < -0.4 is 4.90 Å². The fourth-order valence-electron chi connectivity index (χ4n) is 2.55. The molecule has 0 atom stereocenters. The summed E-state index contributed by atoms with van der Waals surface area (Å²) in [5.41, 5.74) is 5.12. The Bertz CT molecular complexity index is 848. The van der Waals surface area contributed by atoms with E-state index in [4.69, 9.17) is 0 Å². The van der Waals surface area contributed by atoms with Crippen LogP contribution in [0.15, 0.2) is 78.9 Å². The molecule has 3 aromatic carbocycles. The molecule has 0 bridgehead atoms. The molecule has 4 rings (SSSR count). The van der Waals surface area contributed by atoms with E-state index < -0.39 is 0 Å². The molecule has 4 heteroatoms. The van der Waals surface area contributed by atoms with Crippen LogP contribution in [0.1, 0.15) is 0 Å². The largest absolute Gasteiger partial charge is 0.308 e. The van der Waals surface area contributed by atoms with Crippen molar-refractivity contribution in [2.45, 2.75) is 0 Å². The zero-order valence-corrected chi connectivity index (χ0v) is 12.6. The Labute approximate surface area is 132 Å². The first-order valence-corrected chi connectivity index (χ1v) is 7.78. The molecule has 1 aromatic heterocycles. The predicted octanol–water partition coefficient (Wildman–Crippen LogP) is 5.16. The van der Waals surface area contributed by atoms with Crippen molar-refractivity contribution >= 4 is 39.8 Å². The number of para-hydroxylation sites is 2. The first-order chi connectivity index (χ1) is 10.9. The van der Waals surface area contributed by atoms with Gasteiger partial charge in [0.25, 0.3) is 0 Å². The van der Waals surface area contributed by atoms with Gasteiger partial charge in [-0.15, -0.1) is 0 Å². The summed E-state index contributed by atoms with van der Waals surface area (Å²) in [6.07, 6.45) is 0. The van der Waals surface area contributed by atoms with E-state index in [9.17, 15) is 0 Å². The maximum absolute atomic E-state index is 4.48. The van der Waals surface area contributed by atoms with Crippen LogP contribution in [-0.4, -0.2) is 8.75 Å². The molecule has 1 heterocycles. The zero-order valence-electron chi connectivity index (χ0n) is 11.8. The summed E-state index contributed by atoms with van der Waals surface area (Å²) in [5.74, 6) is 0. The zero-order chi connectivity index (χ0) is 14.8. The van der Waals surface area contributed by atoms with Gasteiger partial charge in [0.05, 0.1) is 17.4 Å². The summed E-state index contributed by atoms with van der Waals surface area (Å²) in [6.45, 7) is 0. The first kappa shape index (κ1) is 13.0. The third-order valence-electron chi connectivity index (χ3n) is 3.53. The second-order valence-corrected chi connectivity index (χ2v) is 5.44. The van der Waals surface area contributed by atoms with Crippen LogP contribution in [0, 0.1) is 0 Å². The highest BCUT2D eigenvalue weighted by molar-refractivity contribution is 7.00. The number of aromatic nitrogens is 2. The normalized spacial score (nSPS) is 10.7. The lowest BCUT2D eigenvalue weighted by atomic mass is 10.1. The minimum Gasteiger partial charge on any atom is -0.308 e. The molecular weight excluding hydrogens is 290 g/mol. The van der Waals surface area contributed by atoms with Crippen LogP contribution in [0.3, 0.4) is 0 Å². The van der Waals surface area contributed by atoms with Gasteiger partial charge in [-0.05, 0) is 36.4 Å². The van der Waals surface area contributed by atoms with E-state index in [1.807, 2.05) is 48.5 Å². The van der Waals surface area contributed by atoms with Gasteiger partial charge >= 0.3 is 0 Å². The lowest BCUT2D eigenvalue weighted by molar-refractivity contribution is 1.29. The summed E-state index contributed by atoms with van der Waals surface area (Å²) in [4.78, 5) is 2.21. The Hall–Kier alpha value is -2.72. The summed E-state index contributed by atoms with van der Waals surface area (Å²) in [6, 6.07) is 26.8. The quantitative estimate of drug-likeness (QED) is 0.523. The number of fused-ring (bicyclic) bond motifs is 1. The second-order valence-electron chi connectivity index (χ2n) is 4.92. The average molecular weight is 303 g/mol. The van der Waals surface area contributed by atoms with Crippen LogP contribution in [0.4, 0.5) is 17.1 Å². The van der Waals surface area contributed by atoms with Crippen molar-refractivity contribution in [3.63, 3.8) is 0 Å². The Morgan fingerprint density at radius 1 is 0.636 bits per heavy atom. The highest BCUT2D eigenvalue weighted by Gasteiger charge is 2.16. The van der Waals surface area contributed by atoms with Crippen LogP contribution in [0.2, 0.25) is 0 Å². The standard InChI is InChI=1S/C18H13N3S/c1-3-8-14(9-4-1)21(15-10-5-2-6-11-15)17-13-7-12-16-18(17)20-22-19-16/h1-13H. The van der Waals surface area contributed by atoms with Gasteiger partial charge < -0.3 is 4.90 Å². The number of anilines is 3. The Balaban J connectivity index is 1.97. The number of benzene rings is 3. The Morgan fingerprint density at radius 3 is 1.91 bits per heavy atom. The molecule has 22 heavy (non-hydrogen) atoms. The third-order valence-corrected chi connectivity index (χ3v) is 4.08. The van der Waals surface area contributed by atoms with E-state index in [0.717, 1.165) is 28.1 Å². The highest BCUT2D eigenvalue weighted by atomic mass is 32.1.